The van der Waals surface area contributed by atoms with Gasteiger partial charge in [0.1, 0.15) is 5.01 Å². The number of ether oxygens (including phenoxy) is 1. The van der Waals surface area contributed by atoms with Crippen LogP contribution in [-0.4, -0.2) is 18.1 Å². The van der Waals surface area contributed by atoms with Crippen molar-refractivity contribution in [1.29, 1.82) is 0 Å². The van der Waals surface area contributed by atoms with Crippen LogP contribution in [0.2, 0.25) is 0 Å². The molecule has 0 aliphatic rings. The van der Waals surface area contributed by atoms with Crippen molar-refractivity contribution in [3.63, 3.8) is 0 Å². The van der Waals surface area contributed by atoms with Crippen molar-refractivity contribution < 1.29 is 9.53 Å². The van der Waals surface area contributed by atoms with Crippen molar-refractivity contribution in [3.8, 4) is 0 Å². The van der Waals surface area contributed by atoms with Crippen molar-refractivity contribution in [1.82, 2.24) is 4.98 Å². The van der Waals surface area contributed by atoms with Crippen LogP contribution in [-0.2, 0) is 22.4 Å². The number of aryl methyl sites for hydroxylation is 2. The summed E-state index contributed by atoms with van der Waals surface area (Å²) in [6, 6.07) is 0. The molecule has 1 heterocycles. The highest BCUT2D eigenvalue weighted by Crippen LogP contribution is 2.18. The fourth-order valence-corrected chi connectivity index (χ4v) is 2.09. The minimum absolute atomic E-state index is 0.226. The molecule has 0 bridgehead atoms. The standard InChI is InChI=1S/C9H13NO2S/c1-4-7-6(2)13-8(10-7)5-9(11)12-3/h4-5H2,1-3H3. The molecule has 0 unspecified atom stereocenters. The third-order valence-corrected chi connectivity index (χ3v) is 2.81. The summed E-state index contributed by atoms with van der Waals surface area (Å²) < 4.78 is 4.56. The zero-order valence-electron chi connectivity index (χ0n) is 8.09. The number of carbonyl (C=O) groups excluding carboxylic acids is 1. The van der Waals surface area contributed by atoms with Gasteiger partial charge in [0, 0.05) is 4.88 Å². The number of carbonyl (C=O) groups is 1. The maximum atomic E-state index is 10.9. The van der Waals surface area contributed by atoms with Gasteiger partial charge in [-0.2, -0.15) is 0 Å². The Hall–Kier alpha value is -0.900. The third-order valence-electron chi connectivity index (χ3n) is 1.80. The van der Waals surface area contributed by atoms with Gasteiger partial charge in [0.25, 0.3) is 0 Å². The van der Waals surface area contributed by atoms with Crippen LogP contribution in [0.3, 0.4) is 0 Å². The lowest BCUT2D eigenvalue weighted by Crippen LogP contribution is -2.03. The zero-order chi connectivity index (χ0) is 9.84. The van der Waals surface area contributed by atoms with Crippen LogP contribution in [0.1, 0.15) is 22.5 Å². The molecule has 1 rings (SSSR count). The van der Waals surface area contributed by atoms with E-state index in [2.05, 4.69) is 16.6 Å². The van der Waals surface area contributed by atoms with E-state index in [1.807, 2.05) is 6.92 Å². The van der Waals surface area contributed by atoms with Gasteiger partial charge in [-0.25, -0.2) is 4.98 Å². The van der Waals surface area contributed by atoms with Gasteiger partial charge in [-0.05, 0) is 13.3 Å². The van der Waals surface area contributed by atoms with E-state index in [9.17, 15) is 4.79 Å². The molecule has 0 aliphatic carbocycles. The molecule has 0 atom stereocenters. The smallest absolute Gasteiger partial charge is 0.312 e. The summed E-state index contributed by atoms with van der Waals surface area (Å²) in [7, 11) is 1.39. The Kier molecular flexibility index (Phi) is 3.42. The van der Waals surface area contributed by atoms with Crippen LogP contribution in [0.15, 0.2) is 0 Å². The molecule has 0 saturated carbocycles. The molecule has 0 radical (unpaired) electrons. The van der Waals surface area contributed by atoms with Gasteiger partial charge in [-0.3, -0.25) is 4.79 Å². The SMILES string of the molecule is CCc1nc(CC(=O)OC)sc1C. The number of nitrogens with zero attached hydrogens (tertiary/aromatic N) is 1. The third kappa shape index (κ3) is 2.52. The van der Waals surface area contributed by atoms with Gasteiger partial charge >= 0.3 is 5.97 Å². The van der Waals surface area contributed by atoms with Crippen LogP contribution >= 0.6 is 11.3 Å². The topological polar surface area (TPSA) is 39.2 Å². The molecule has 4 heteroatoms. The van der Waals surface area contributed by atoms with Crippen molar-refractivity contribution in [3.05, 3.63) is 15.6 Å². The average Bonchev–Trinajstić information content (AvgIpc) is 2.46. The molecular formula is C9H13NO2S. The first-order valence-electron chi connectivity index (χ1n) is 4.19. The number of hydrogen-bond donors (Lipinski definition) is 0. The van der Waals surface area contributed by atoms with Gasteiger partial charge in [-0.1, -0.05) is 6.92 Å². The van der Waals surface area contributed by atoms with Crippen molar-refractivity contribution in [2.45, 2.75) is 26.7 Å². The van der Waals surface area contributed by atoms with E-state index in [1.54, 1.807) is 11.3 Å². The van der Waals surface area contributed by atoms with Gasteiger partial charge in [0.05, 0.1) is 19.2 Å². The second kappa shape index (κ2) is 4.37. The van der Waals surface area contributed by atoms with Gasteiger partial charge < -0.3 is 4.74 Å². The van der Waals surface area contributed by atoms with Crippen molar-refractivity contribution in [2.75, 3.05) is 7.11 Å². The predicted molar refractivity (Wildman–Crippen MR) is 51.9 cm³/mol. The van der Waals surface area contributed by atoms with E-state index in [1.165, 1.54) is 12.0 Å². The first kappa shape index (κ1) is 10.2. The minimum atomic E-state index is -0.226. The molecule has 1 aromatic heterocycles. The molecule has 0 fully saturated rings. The lowest BCUT2D eigenvalue weighted by Gasteiger charge is -1.93. The van der Waals surface area contributed by atoms with Gasteiger partial charge in [0.2, 0.25) is 0 Å². The van der Waals surface area contributed by atoms with E-state index in [-0.39, 0.29) is 5.97 Å². The number of esters is 1. The van der Waals surface area contributed by atoms with E-state index >= 15 is 0 Å². The molecule has 13 heavy (non-hydrogen) atoms. The number of thiazole rings is 1. The second-order valence-corrected chi connectivity index (χ2v) is 4.00. The Labute approximate surface area is 81.8 Å². The van der Waals surface area contributed by atoms with E-state index < -0.39 is 0 Å². The summed E-state index contributed by atoms with van der Waals surface area (Å²) in [6.07, 6.45) is 1.21. The summed E-state index contributed by atoms with van der Waals surface area (Å²) in [5, 5.41) is 0.848. The van der Waals surface area contributed by atoms with Crippen LogP contribution in [0.4, 0.5) is 0 Å². The highest BCUT2D eigenvalue weighted by atomic mass is 32.1. The monoisotopic (exact) mass is 199 g/mol. The molecule has 72 valence electrons. The second-order valence-electron chi connectivity index (χ2n) is 2.72. The molecule has 0 aromatic carbocycles. The number of rotatable bonds is 3. The zero-order valence-corrected chi connectivity index (χ0v) is 8.90. The lowest BCUT2D eigenvalue weighted by molar-refractivity contribution is -0.139. The molecular weight excluding hydrogens is 186 g/mol. The number of hydrogen-bond acceptors (Lipinski definition) is 4. The Morgan fingerprint density at radius 3 is 2.77 bits per heavy atom. The Bertz CT molecular complexity index is 307. The number of methoxy groups -OCH3 is 1. The van der Waals surface area contributed by atoms with E-state index in [0.29, 0.717) is 6.42 Å². The highest BCUT2D eigenvalue weighted by Gasteiger charge is 2.09. The fourth-order valence-electron chi connectivity index (χ4n) is 1.09. The Balaban J connectivity index is 2.73. The highest BCUT2D eigenvalue weighted by molar-refractivity contribution is 7.11. The summed E-state index contributed by atoms with van der Waals surface area (Å²) in [4.78, 5) is 16.5. The molecule has 0 N–H and O–H groups in total. The lowest BCUT2D eigenvalue weighted by atomic mass is 10.3. The minimum Gasteiger partial charge on any atom is -0.469 e. The van der Waals surface area contributed by atoms with Gasteiger partial charge in [0.15, 0.2) is 0 Å². The first-order valence-corrected chi connectivity index (χ1v) is 5.01. The summed E-state index contributed by atoms with van der Waals surface area (Å²) in [6.45, 7) is 4.08. The summed E-state index contributed by atoms with van der Waals surface area (Å²) in [5.41, 5.74) is 1.09. The first-order chi connectivity index (χ1) is 6.17. The molecule has 0 amide bonds. The normalized spacial score (nSPS) is 10.1. The Morgan fingerprint density at radius 1 is 1.62 bits per heavy atom. The maximum Gasteiger partial charge on any atom is 0.312 e. The maximum absolute atomic E-state index is 10.9. The van der Waals surface area contributed by atoms with E-state index in [0.717, 1.165) is 17.1 Å². The van der Waals surface area contributed by atoms with Gasteiger partial charge in [-0.15, -0.1) is 11.3 Å². The quantitative estimate of drug-likeness (QED) is 0.696. The van der Waals surface area contributed by atoms with Crippen molar-refractivity contribution >= 4 is 17.3 Å². The molecule has 0 spiro atoms. The predicted octanol–water partition coefficient (Wildman–Crippen LogP) is 1.73. The van der Waals surface area contributed by atoms with E-state index in [4.69, 9.17) is 0 Å². The van der Waals surface area contributed by atoms with Crippen LogP contribution in [0.25, 0.3) is 0 Å². The molecule has 0 saturated heterocycles. The van der Waals surface area contributed by atoms with Crippen LogP contribution in [0, 0.1) is 6.92 Å². The molecule has 0 aliphatic heterocycles. The largest absolute Gasteiger partial charge is 0.469 e. The average molecular weight is 199 g/mol. The van der Waals surface area contributed by atoms with Crippen LogP contribution in [0.5, 0.6) is 0 Å². The molecule has 1 aromatic rings. The summed E-state index contributed by atoms with van der Waals surface area (Å²) in [5.74, 6) is -0.226. The van der Waals surface area contributed by atoms with Crippen LogP contribution < -0.4 is 0 Å². The number of aromatic nitrogens is 1. The summed E-state index contributed by atoms with van der Waals surface area (Å²) >= 11 is 1.57. The Morgan fingerprint density at radius 2 is 2.31 bits per heavy atom. The fraction of sp³-hybridized carbons (Fsp3) is 0.556. The van der Waals surface area contributed by atoms with Crippen molar-refractivity contribution in [2.24, 2.45) is 0 Å². The molecule has 3 nitrogen and oxygen atoms in total.